The molecule has 0 bridgehead atoms. The van der Waals surface area contributed by atoms with Gasteiger partial charge in [-0.25, -0.2) is 0 Å². The highest BCUT2D eigenvalue weighted by Crippen LogP contribution is 2.32. The van der Waals surface area contributed by atoms with E-state index >= 15 is 0 Å². The largest absolute Gasteiger partial charge is 0.496 e. The van der Waals surface area contributed by atoms with Gasteiger partial charge in [0.05, 0.1) is 18.7 Å². The van der Waals surface area contributed by atoms with Gasteiger partial charge in [0.1, 0.15) is 17.5 Å². The number of carbonyl (C=O) groups is 1. The Morgan fingerprint density at radius 3 is 2.50 bits per heavy atom. The second-order valence-electron chi connectivity index (χ2n) is 3.74. The first kappa shape index (κ1) is 14.8. The highest BCUT2D eigenvalue weighted by Gasteiger charge is 2.13. The van der Waals surface area contributed by atoms with Gasteiger partial charge in [-0.15, -0.1) is 0 Å². The van der Waals surface area contributed by atoms with E-state index in [0.29, 0.717) is 18.0 Å². The molecule has 100 valence electrons. The Morgan fingerprint density at radius 1 is 1.39 bits per heavy atom. The number of halogens is 1. The quantitative estimate of drug-likeness (QED) is 0.840. The zero-order valence-electron chi connectivity index (χ0n) is 10.5. The van der Waals surface area contributed by atoms with E-state index in [4.69, 9.17) is 14.6 Å². The van der Waals surface area contributed by atoms with Crippen LogP contribution in [0.25, 0.3) is 0 Å². The Kier molecular flexibility index (Phi) is 5.43. The fourth-order valence-electron chi connectivity index (χ4n) is 1.41. The van der Waals surface area contributed by atoms with Crippen molar-refractivity contribution in [2.45, 2.75) is 19.5 Å². The smallest absolute Gasteiger partial charge is 0.320 e. The normalized spacial score (nSPS) is 12.0. The standard InChI is InChI=1S/C12H16BrNO4/c1-7(12(15)16)14-6-8-4-11(18-3)9(13)5-10(8)17-2/h4-5,7,14H,6H2,1-3H3,(H,15,16)/t7-/m1/s1. The fraction of sp³-hybridized carbons (Fsp3) is 0.417. The molecule has 0 radical (unpaired) electrons. The summed E-state index contributed by atoms with van der Waals surface area (Å²) >= 11 is 3.37. The predicted octanol–water partition coefficient (Wildman–Crippen LogP) is 2.03. The van der Waals surface area contributed by atoms with Crippen LogP contribution in [0.1, 0.15) is 12.5 Å². The van der Waals surface area contributed by atoms with Crippen LogP contribution in [-0.4, -0.2) is 31.3 Å². The number of carboxylic acids is 1. The van der Waals surface area contributed by atoms with Gasteiger partial charge in [0, 0.05) is 12.1 Å². The van der Waals surface area contributed by atoms with Crippen molar-refractivity contribution in [3.05, 3.63) is 22.2 Å². The van der Waals surface area contributed by atoms with Crippen LogP contribution in [0, 0.1) is 0 Å². The molecule has 0 aliphatic carbocycles. The summed E-state index contributed by atoms with van der Waals surface area (Å²) in [5.74, 6) is 0.460. The number of hydrogen-bond donors (Lipinski definition) is 2. The summed E-state index contributed by atoms with van der Waals surface area (Å²) < 4.78 is 11.2. The van der Waals surface area contributed by atoms with Crippen molar-refractivity contribution in [1.82, 2.24) is 5.32 Å². The highest BCUT2D eigenvalue weighted by atomic mass is 79.9. The molecule has 2 N–H and O–H groups in total. The van der Waals surface area contributed by atoms with Crippen molar-refractivity contribution < 1.29 is 19.4 Å². The SMILES string of the molecule is COc1cc(CN[C@H](C)C(=O)O)c(OC)cc1Br. The lowest BCUT2D eigenvalue weighted by molar-refractivity contribution is -0.139. The van der Waals surface area contributed by atoms with Gasteiger partial charge in [0.15, 0.2) is 0 Å². The lowest BCUT2D eigenvalue weighted by atomic mass is 10.1. The van der Waals surface area contributed by atoms with Gasteiger partial charge in [0.25, 0.3) is 0 Å². The van der Waals surface area contributed by atoms with E-state index < -0.39 is 12.0 Å². The number of nitrogens with one attached hydrogen (secondary N) is 1. The Hall–Kier alpha value is -1.27. The van der Waals surface area contributed by atoms with Crippen LogP contribution in [0.3, 0.4) is 0 Å². The summed E-state index contributed by atoms with van der Waals surface area (Å²) in [4.78, 5) is 10.7. The van der Waals surface area contributed by atoms with E-state index in [1.807, 2.05) is 6.07 Å². The van der Waals surface area contributed by atoms with E-state index in [1.54, 1.807) is 27.2 Å². The van der Waals surface area contributed by atoms with Crippen LogP contribution in [0.4, 0.5) is 0 Å². The molecular weight excluding hydrogens is 302 g/mol. The Bertz CT molecular complexity index is 436. The molecular formula is C12H16BrNO4. The summed E-state index contributed by atoms with van der Waals surface area (Å²) in [5.41, 5.74) is 0.839. The first-order chi connectivity index (χ1) is 8.49. The van der Waals surface area contributed by atoms with Gasteiger partial charge in [-0.2, -0.15) is 0 Å². The third-order valence-corrected chi connectivity index (χ3v) is 3.14. The summed E-state index contributed by atoms with van der Waals surface area (Å²) in [5, 5.41) is 11.7. The first-order valence-electron chi connectivity index (χ1n) is 5.36. The molecule has 18 heavy (non-hydrogen) atoms. The van der Waals surface area contributed by atoms with Crippen molar-refractivity contribution in [2.24, 2.45) is 0 Å². The summed E-state index contributed by atoms with van der Waals surface area (Å²) in [6, 6.07) is 2.98. The second kappa shape index (κ2) is 6.61. The maximum absolute atomic E-state index is 10.7. The minimum atomic E-state index is -0.891. The number of carboxylic acid groups (broad SMARTS) is 1. The molecule has 0 saturated heterocycles. The predicted molar refractivity (Wildman–Crippen MR) is 71.2 cm³/mol. The van der Waals surface area contributed by atoms with Crippen molar-refractivity contribution in [1.29, 1.82) is 0 Å². The molecule has 0 aliphatic rings. The van der Waals surface area contributed by atoms with E-state index in [2.05, 4.69) is 21.2 Å². The lowest BCUT2D eigenvalue weighted by Crippen LogP contribution is -2.33. The molecule has 0 aliphatic heterocycles. The van der Waals surface area contributed by atoms with Gasteiger partial charge in [-0.05, 0) is 35.0 Å². The molecule has 0 heterocycles. The average Bonchev–Trinajstić information content (AvgIpc) is 2.36. The fourth-order valence-corrected chi connectivity index (χ4v) is 1.90. The Balaban J connectivity index is 2.89. The molecule has 1 aromatic carbocycles. The molecule has 0 unspecified atom stereocenters. The van der Waals surface area contributed by atoms with Crippen molar-refractivity contribution in [2.75, 3.05) is 14.2 Å². The van der Waals surface area contributed by atoms with Crippen molar-refractivity contribution in [3.63, 3.8) is 0 Å². The lowest BCUT2D eigenvalue weighted by Gasteiger charge is -2.14. The minimum Gasteiger partial charge on any atom is -0.496 e. The number of ether oxygens (including phenoxy) is 2. The van der Waals surface area contributed by atoms with Gasteiger partial charge >= 0.3 is 5.97 Å². The monoisotopic (exact) mass is 317 g/mol. The molecule has 0 aromatic heterocycles. The number of benzene rings is 1. The third kappa shape index (κ3) is 3.61. The van der Waals surface area contributed by atoms with Crippen LogP contribution >= 0.6 is 15.9 Å². The van der Waals surface area contributed by atoms with Crippen LogP contribution in [0.5, 0.6) is 11.5 Å². The summed E-state index contributed by atoms with van der Waals surface area (Å²) in [6.07, 6.45) is 0. The van der Waals surface area contributed by atoms with E-state index in [0.717, 1.165) is 10.0 Å². The maximum atomic E-state index is 10.7. The molecule has 0 fully saturated rings. The maximum Gasteiger partial charge on any atom is 0.320 e. The number of hydrogen-bond acceptors (Lipinski definition) is 4. The topological polar surface area (TPSA) is 67.8 Å². The van der Waals surface area contributed by atoms with E-state index in [9.17, 15) is 4.79 Å². The van der Waals surface area contributed by atoms with E-state index in [-0.39, 0.29) is 0 Å². The first-order valence-corrected chi connectivity index (χ1v) is 6.15. The van der Waals surface area contributed by atoms with Gasteiger partial charge in [-0.1, -0.05) is 0 Å². The third-order valence-electron chi connectivity index (χ3n) is 2.52. The van der Waals surface area contributed by atoms with Gasteiger partial charge in [0.2, 0.25) is 0 Å². The van der Waals surface area contributed by atoms with Crippen LogP contribution in [-0.2, 0) is 11.3 Å². The molecule has 0 saturated carbocycles. The van der Waals surface area contributed by atoms with Crippen molar-refractivity contribution in [3.8, 4) is 11.5 Å². The minimum absolute atomic E-state index is 0.389. The van der Waals surface area contributed by atoms with Gasteiger partial charge in [-0.3, -0.25) is 4.79 Å². The zero-order chi connectivity index (χ0) is 13.7. The summed E-state index contributed by atoms with van der Waals surface area (Å²) in [7, 11) is 3.14. The summed E-state index contributed by atoms with van der Waals surface area (Å²) in [6.45, 7) is 1.98. The molecule has 0 amide bonds. The number of aliphatic carboxylic acids is 1. The highest BCUT2D eigenvalue weighted by molar-refractivity contribution is 9.10. The average molecular weight is 318 g/mol. The molecule has 1 aromatic rings. The van der Waals surface area contributed by atoms with Crippen LogP contribution in [0.15, 0.2) is 16.6 Å². The van der Waals surface area contributed by atoms with Crippen LogP contribution < -0.4 is 14.8 Å². The molecule has 5 nitrogen and oxygen atoms in total. The molecule has 1 atom stereocenters. The number of rotatable bonds is 6. The van der Waals surface area contributed by atoms with E-state index in [1.165, 1.54) is 0 Å². The zero-order valence-corrected chi connectivity index (χ0v) is 12.1. The second-order valence-corrected chi connectivity index (χ2v) is 4.59. The van der Waals surface area contributed by atoms with Gasteiger partial charge < -0.3 is 19.9 Å². The molecule has 1 rings (SSSR count). The number of methoxy groups -OCH3 is 2. The van der Waals surface area contributed by atoms with Crippen molar-refractivity contribution >= 4 is 21.9 Å². The molecule has 0 spiro atoms. The van der Waals surface area contributed by atoms with Crippen LogP contribution in [0.2, 0.25) is 0 Å². The Labute approximate surface area is 114 Å². The molecule has 6 heteroatoms. The Morgan fingerprint density at radius 2 is 2.00 bits per heavy atom.